The number of nitrogens with zero attached hydrogens (tertiary/aromatic N) is 1. The van der Waals surface area contributed by atoms with Crippen molar-refractivity contribution in [2.24, 2.45) is 5.92 Å². The summed E-state index contributed by atoms with van der Waals surface area (Å²) >= 11 is 5.54. The van der Waals surface area contributed by atoms with Crippen LogP contribution in [-0.4, -0.2) is 29.6 Å². The summed E-state index contributed by atoms with van der Waals surface area (Å²) in [6, 6.07) is 2.80. The monoisotopic (exact) mass is 358 g/mol. The Balaban J connectivity index is 2.09. The van der Waals surface area contributed by atoms with Gasteiger partial charge >= 0.3 is 0 Å². The van der Waals surface area contributed by atoms with Crippen LogP contribution in [0.1, 0.15) is 45.4 Å². The summed E-state index contributed by atoms with van der Waals surface area (Å²) in [4.78, 5) is 4.14. The SMILES string of the molecule is CCC1(C)CNC(CC(C)C)CN1Cc1sccc1Br. The molecule has 1 saturated heterocycles. The lowest BCUT2D eigenvalue weighted by molar-refractivity contribution is 0.0379. The van der Waals surface area contributed by atoms with Crippen molar-refractivity contribution in [1.29, 1.82) is 0 Å². The first-order valence-corrected chi connectivity index (χ1v) is 9.32. The molecule has 0 radical (unpaired) electrons. The van der Waals surface area contributed by atoms with E-state index in [1.165, 1.54) is 22.2 Å². The van der Waals surface area contributed by atoms with Gasteiger partial charge < -0.3 is 5.32 Å². The molecule has 20 heavy (non-hydrogen) atoms. The first-order chi connectivity index (χ1) is 9.44. The van der Waals surface area contributed by atoms with Crippen molar-refractivity contribution in [3.05, 3.63) is 20.8 Å². The lowest BCUT2D eigenvalue weighted by Crippen LogP contribution is -2.62. The zero-order valence-corrected chi connectivity index (χ0v) is 15.5. The molecular formula is C16H27BrN2S. The van der Waals surface area contributed by atoms with Gasteiger partial charge in [-0.15, -0.1) is 11.3 Å². The highest BCUT2D eigenvalue weighted by molar-refractivity contribution is 9.10. The van der Waals surface area contributed by atoms with Gasteiger partial charge in [0.1, 0.15) is 0 Å². The third-order valence-corrected chi connectivity index (χ3v) is 6.43. The number of piperazine rings is 1. The predicted molar refractivity (Wildman–Crippen MR) is 92.4 cm³/mol. The van der Waals surface area contributed by atoms with Gasteiger partial charge in [-0.1, -0.05) is 20.8 Å². The normalized spacial score (nSPS) is 28.2. The molecule has 0 spiro atoms. The van der Waals surface area contributed by atoms with E-state index in [-0.39, 0.29) is 5.54 Å². The summed E-state index contributed by atoms with van der Waals surface area (Å²) in [5, 5.41) is 5.94. The van der Waals surface area contributed by atoms with Crippen LogP contribution in [0.15, 0.2) is 15.9 Å². The summed E-state index contributed by atoms with van der Waals surface area (Å²) in [6.45, 7) is 12.7. The summed E-state index contributed by atoms with van der Waals surface area (Å²) in [7, 11) is 0. The molecule has 0 aliphatic carbocycles. The van der Waals surface area contributed by atoms with Gasteiger partial charge in [-0.05, 0) is 53.1 Å². The Morgan fingerprint density at radius 2 is 2.30 bits per heavy atom. The molecule has 1 aromatic heterocycles. The highest BCUT2D eigenvalue weighted by atomic mass is 79.9. The minimum absolute atomic E-state index is 0.275. The third kappa shape index (κ3) is 3.85. The molecule has 2 unspecified atom stereocenters. The van der Waals surface area contributed by atoms with Crippen molar-refractivity contribution in [1.82, 2.24) is 10.2 Å². The molecule has 1 N–H and O–H groups in total. The van der Waals surface area contributed by atoms with E-state index in [9.17, 15) is 0 Å². The van der Waals surface area contributed by atoms with Crippen LogP contribution < -0.4 is 5.32 Å². The van der Waals surface area contributed by atoms with Crippen LogP contribution in [-0.2, 0) is 6.54 Å². The summed E-state index contributed by atoms with van der Waals surface area (Å²) < 4.78 is 1.26. The fraction of sp³-hybridized carbons (Fsp3) is 0.750. The van der Waals surface area contributed by atoms with E-state index >= 15 is 0 Å². The zero-order valence-electron chi connectivity index (χ0n) is 13.1. The van der Waals surface area contributed by atoms with Gasteiger partial charge in [0, 0.05) is 40.6 Å². The smallest absolute Gasteiger partial charge is 0.0345 e. The Hall–Kier alpha value is 0.100. The number of thiophene rings is 1. The Labute approximate surface area is 136 Å². The standard InChI is InChI=1S/C16H27BrN2S/c1-5-16(4)11-18-13(8-12(2)3)9-19(16)10-15-14(17)6-7-20-15/h6-7,12-13,18H,5,8-11H2,1-4H3. The molecule has 2 atom stereocenters. The van der Waals surface area contributed by atoms with Gasteiger partial charge in [0.2, 0.25) is 0 Å². The number of rotatable bonds is 5. The number of nitrogens with one attached hydrogen (secondary N) is 1. The lowest BCUT2D eigenvalue weighted by Gasteiger charge is -2.48. The molecule has 0 amide bonds. The molecule has 1 aromatic rings. The van der Waals surface area contributed by atoms with Crippen LogP contribution in [0.2, 0.25) is 0 Å². The maximum Gasteiger partial charge on any atom is 0.0345 e. The lowest BCUT2D eigenvalue weighted by atomic mass is 9.90. The fourth-order valence-electron chi connectivity index (χ4n) is 2.97. The quantitative estimate of drug-likeness (QED) is 0.833. The molecule has 1 aliphatic rings. The number of halogens is 1. The molecule has 2 nitrogen and oxygen atoms in total. The maximum atomic E-state index is 3.77. The predicted octanol–water partition coefficient (Wildman–Crippen LogP) is 4.50. The first-order valence-electron chi connectivity index (χ1n) is 7.65. The van der Waals surface area contributed by atoms with E-state index in [0.29, 0.717) is 6.04 Å². The van der Waals surface area contributed by atoms with Crippen molar-refractivity contribution < 1.29 is 0 Å². The Morgan fingerprint density at radius 1 is 1.55 bits per heavy atom. The molecule has 0 bridgehead atoms. The summed E-state index contributed by atoms with van der Waals surface area (Å²) in [6.07, 6.45) is 2.46. The summed E-state index contributed by atoms with van der Waals surface area (Å²) in [5.41, 5.74) is 0.275. The van der Waals surface area contributed by atoms with Crippen LogP contribution in [0.25, 0.3) is 0 Å². The molecule has 0 aromatic carbocycles. The summed E-state index contributed by atoms with van der Waals surface area (Å²) in [5.74, 6) is 0.758. The molecule has 114 valence electrons. The maximum absolute atomic E-state index is 3.77. The number of hydrogen-bond donors (Lipinski definition) is 1. The van der Waals surface area contributed by atoms with E-state index in [1.807, 2.05) is 11.3 Å². The van der Waals surface area contributed by atoms with Crippen LogP contribution in [0.5, 0.6) is 0 Å². The second-order valence-electron chi connectivity index (χ2n) is 6.63. The van der Waals surface area contributed by atoms with Crippen molar-refractivity contribution in [3.63, 3.8) is 0 Å². The average molecular weight is 359 g/mol. The van der Waals surface area contributed by atoms with Crippen LogP contribution >= 0.6 is 27.3 Å². The Kier molecular flexibility index (Phi) is 5.69. The van der Waals surface area contributed by atoms with E-state index < -0.39 is 0 Å². The van der Waals surface area contributed by atoms with Crippen LogP contribution in [0.3, 0.4) is 0 Å². The molecule has 2 heterocycles. The molecule has 2 rings (SSSR count). The average Bonchev–Trinajstić information content (AvgIpc) is 2.79. The zero-order chi connectivity index (χ0) is 14.8. The molecule has 0 saturated carbocycles. The Bertz CT molecular complexity index is 432. The number of hydrogen-bond acceptors (Lipinski definition) is 3. The first kappa shape index (κ1) is 16.5. The van der Waals surface area contributed by atoms with Gasteiger partial charge in [0.05, 0.1) is 0 Å². The minimum atomic E-state index is 0.275. The molecule has 1 aliphatic heterocycles. The van der Waals surface area contributed by atoms with Crippen molar-refractivity contribution >= 4 is 27.3 Å². The largest absolute Gasteiger partial charge is 0.311 e. The third-order valence-electron chi connectivity index (χ3n) is 4.52. The van der Waals surface area contributed by atoms with Crippen molar-refractivity contribution in [2.45, 2.75) is 58.7 Å². The van der Waals surface area contributed by atoms with Gasteiger partial charge in [0.15, 0.2) is 0 Å². The van der Waals surface area contributed by atoms with Crippen molar-refractivity contribution in [2.75, 3.05) is 13.1 Å². The fourth-order valence-corrected chi connectivity index (χ4v) is 4.46. The van der Waals surface area contributed by atoms with Gasteiger partial charge in [0.25, 0.3) is 0 Å². The van der Waals surface area contributed by atoms with E-state index in [2.05, 4.69) is 65.3 Å². The highest BCUT2D eigenvalue weighted by Gasteiger charge is 2.36. The molecule has 4 heteroatoms. The van der Waals surface area contributed by atoms with Crippen molar-refractivity contribution in [3.8, 4) is 0 Å². The van der Waals surface area contributed by atoms with E-state index in [1.54, 1.807) is 0 Å². The topological polar surface area (TPSA) is 15.3 Å². The minimum Gasteiger partial charge on any atom is -0.311 e. The van der Waals surface area contributed by atoms with Crippen LogP contribution in [0, 0.1) is 5.92 Å². The van der Waals surface area contributed by atoms with Gasteiger partial charge in [-0.3, -0.25) is 4.90 Å². The second kappa shape index (κ2) is 6.91. The Morgan fingerprint density at radius 3 is 2.85 bits per heavy atom. The van der Waals surface area contributed by atoms with E-state index in [0.717, 1.165) is 25.6 Å². The highest BCUT2D eigenvalue weighted by Crippen LogP contribution is 2.31. The van der Waals surface area contributed by atoms with E-state index in [4.69, 9.17) is 0 Å². The second-order valence-corrected chi connectivity index (χ2v) is 8.49. The van der Waals surface area contributed by atoms with Crippen LogP contribution in [0.4, 0.5) is 0 Å². The molecule has 1 fully saturated rings. The van der Waals surface area contributed by atoms with Gasteiger partial charge in [-0.25, -0.2) is 0 Å². The van der Waals surface area contributed by atoms with Gasteiger partial charge in [-0.2, -0.15) is 0 Å². The molecular weight excluding hydrogens is 332 g/mol.